The highest BCUT2D eigenvalue weighted by Crippen LogP contribution is 2.28. The summed E-state index contributed by atoms with van der Waals surface area (Å²) in [5.41, 5.74) is 6.62. The van der Waals surface area contributed by atoms with Crippen LogP contribution < -0.4 is 5.43 Å². The Morgan fingerprint density at radius 2 is 1.69 bits per heavy atom. The van der Waals surface area contributed by atoms with E-state index in [1.54, 1.807) is 6.21 Å². The summed E-state index contributed by atoms with van der Waals surface area (Å²) in [7, 11) is 0. The van der Waals surface area contributed by atoms with Gasteiger partial charge in [0.25, 0.3) is 5.91 Å². The minimum absolute atomic E-state index is 0.0913. The Morgan fingerprint density at radius 1 is 1.00 bits per heavy atom. The summed E-state index contributed by atoms with van der Waals surface area (Å²) in [6.07, 6.45) is 1.64. The second kappa shape index (κ2) is 10.9. The number of hydrogen-bond acceptors (Lipinski definition) is 5. The number of aromatic nitrogens is 3. The summed E-state index contributed by atoms with van der Waals surface area (Å²) in [5, 5.41) is 14.1. The Balaban J connectivity index is 1.44. The lowest BCUT2D eigenvalue weighted by Crippen LogP contribution is -2.20. The van der Waals surface area contributed by atoms with Gasteiger partial charge in [-0.2, -0.15) is 5.10 Å². The normalized spacial score (nSPS) is 11.7. The molecule has 1 heterocycles. The zero-order chi connectivity index (χ0) is 24.8. The summed E-state index contributed by atoms with van der Waals surface area (Å²) in [5.74, 6) is 0.595. The largest absolute Gasteiger partial charge is 0.272 e. The number of nitrogens with one attached hydrogen (secondary N) is 1. The maximum Gasteiger partial charge on any atom is 0.250 e. The summed E-state index contributed by atoms with van der Waals surface area (Å²) in [4.78, 5) is 12.4. The molecular formula is C27H26ClN5OS. The standard InChI is InChI=1S/C27H26ClN5OS/c1-27(2,3)21-11-9-19(10-12-21)17-29-30-24(34)18-35-26-32-31-25(20-7-5-4-6-8-20)33(26)23-15-13-22(28)14-16-23/h4-17H,18H2,1-3H3,(H,30,34)/b29-17-. The first-order valence-electron chi connectivity index (χ1n) is 11.1. The van der Waals surface area contributed by atoms with E-state index in [1.165, 1.54) is 17.3 Å². The van der Waals surface area contributed by atoms with Crippen molar-refractivity contribution in [1.82, 2.24) is 20.2 Å². The number of carbonyl (C=O) groups excluding carboxylic acids is 1. The molecular weight excluding hydrogens is 478 g/mol. The van der Waals surface area contributed by atoms with Gasteiger partial charge in [0.05, 0.1) is 12.0 Å². The highest BCUT2D eigenvalue weighted by molar-refractivity contribution is 7.99. The molecule has 178 valence electrons. The second-order valence-corrected chi connectivity index (χ2v) is 10.3. The molecule has 0 saturated heterocycles. The number of carbonyl (C=O) groups is 1. The lowest BCUT2D eigenvalue weighted by Gasteiger charge is -2.18. The van der Waals surface area contributed by atoms with Crippen LogP contribution in [0.25, 0.3) is 17.1 Å². The van der Waals surface area contributed by atoms with E-state index >= 15 is 0 Å². The van der Waals surface area contributed by atoms with E-state index in [0.29, 0.717) is 16.0 Å². The van der Waals surface area contributed by atoms with Crippen LogP contribution in [-0.2, 0) is 10.2 Å². The molecule has 0 aliphatic rings. The van der Waals surface area contributed by atoms with Gasteiger partial charge in [-0.15, -0.1) is 10.2 Å². The molecule has 4 aromatic rings. The topological polar surface area (TPSA) is 72.2 Å². The second-order valence-electron chi connectivity index (χ2n) is 8.94. The van der Waals surface area contributed by atoms with Gasteiger partial charge in [-0.25, -0.2) is 5.43 Å². The highest BCUT2D eigenvalue weighted by atomic mass is 35.5. The predicted octanol–water partition coefficient (Wildman–Crippen LogP) is 6.13. The Kier molecular flexibility index (Phi) is 7.68. The zero-order valence-corrected chi connectivity index (χ0v) is 21.3. The predicted molar refractivity (Wildman–Crippen MR) is 143 cm³/mol. The van der Waals surface area contributed by atoms with Crippen LogP contribution in [0, 0.1) is 0 Å². The number of nitrogens with zero attached hydrogens (tertiary/aromatic N) is 4. The minimum atomic E-state index is -0.232. The van der Waals surface area contributed by atoms with E-state index in [2.05, 4.69) is 53.6 Å². The zero-order valence-electron chi connectivity index (χ0n) is 19.8. The van der Waals surface area contributed by atoms with Crippen LogP contribution in [0.4, 0.5) is 0 Å². The van der Waals surface area contributed by atoms with Gasteiger partial charge in [0.2, 0.25) is 0 Å². The lowest BCUT2D eigenvalue weighted by atomic mass is 9.87. The molecule has 35 heavy (non-hydrogen) atoms. The Bertz CT molecular complexity index is 1310. The van der Waals surface area contributed by atoms with Gasteiger partial charge < -0.3 is 0 Å². The van der Waals surface area contributed by atoms with Crippen LogP contribution in [-0.4, -0.2) is 32.6 Å². The van der Waals surface area contributed by atoms with E-state index in [0.717, 1.165) is 16.8 Å². The van der Waals surface area contributed by atoms with E-state index in [9.17, 15) is 4.79 Å². The fourth-order valence-electron chi connectivity index (χ4n) is 3.37. The fourth-order valence-corrected chi connectivity index (χ4v) is 4.24. The maximum atomic E-state index is 12.4. The van der Waals surface area contributed by atoms with E-state index in [-0.39, 0.29) is 17.1 Å². The third-order valence-corrected chi connectivity index (χ3v) is 6.44. The SMILES string of the molecule is CC(C)(C)c1ccc(/C=N\NC(=O)CSc2nnc(-c3ccccc3)n2-c2ccc(Cl)cc2)cc1. The molecule has 0 atom stereocenters. The number of rotatable bonds is 7. The van der Waals surface area contributed by atoms with Crippen molar-refractivity contribution in [2.45, 2.75) is 31.3 Å². The number of thioether (sulfide) groups is 1. The number of hydrazone groups is 1. The van der Waals surface area contributed by atoms with Crippen molar-refractivity contribution in [3.05, 3.63) is 95.0 Å². The van der Waals surface area contributed by atoms with Gasteiger partial charge in [-0.1, -0.05) is 98.7 Å². The average molecular weight is 504 g/mol. The van der Waals surface area contributed by atoms with Crippen molar-refractivity contribution < 1.29 is 4.79 Å². The summed E-state index contributed by atoms with van der Waals surface area (Å²) >= 11 is 7.37. The van der Waals surface area contributed by atoms with E-state index in [1.807, 2.05) is 71.3 Å². The van der Waals surface area contributed by atoms with Gasteiger partial charge in [0, 0.05) is 16.3 Å². The van der Waals surface area contributed by atoms with Crippen molar-refractivity contribution in [3.63, 3.8) is 0 Å². The van der Waals surface area contributed by atoms with Crippen LogP contribution in [0.2, 0.25) is 5.02 Å². The number of hydrogen-bond donors (Lipinski definition) is 1. The first-order valence-corrected chi connectivity index (χ1v) is 12.5. The fraction of sp³-hybridized carbons (Fsp3) is 0.185. The van der Waals surface area contributed by atoms with Crippen molar-refractivity contribution in [3.8, 4) is 17.1 Å². The van der Waals surface area contributed by atoms with Crippen LogP contribution in [0.3, 0.4) is 0 Å². The van der Waals surface area contributed by atoms with Gasteiger partial charge in [-0.3, -0.25) is 9.36 Å². The molecule has 4 rings (SSSR count). The molecule has 0 fully saturated rings. The molecule has 1 N–H and O–H groups in total. The Hall–Kier alpha value is -3.42. The van der Waals surface area contributed by atoms with Gasteiger partial charge in [0.1, 0.15) is 0 Å². The van der Waals surface area contributed by atoms with Crippen molar-refractivity contribution >= 4 is 35.5 Å². The smallest absolute Gasteiger partial charge is 0.250 e. The van der Waals surface area contributed by atoms with Crippen molar-refractivity contribution in [1.29, 1.82) is 0 Å². The number of amides is 1. The van der Waals surface area contributed by atoms with Crippen molar-refractivity contribution in [2.75, 3.05) is 5.75 Å². The monoisotopic (exact) mass is 503 g/mol. The molecule has 0 unspecified atom stereocenters. The molecule has 3 aromatic carbocycles. The van der Waals surface area contributed by atoms with Crippen LogP contribution >= 0.6 is 23.4 Å². The molecule has 0 aliphatic heterocycles. The summed E-state index contributed by atoms with van der Waals surface area (Å²) in [6, 6.07) is 25.4. The molecule has 0 bridgehead atoms. The molecule has 6 nitrogen and oxygen atoms in total. The Morgan fingerprint density at radius 3 is 2.34 bits per heavy atom. The average Bonchev–Trinajstić information content (AvgIpc) is 3.27. The third kappa shape index (κ3) is 6.38. The summed E-state index contributed by atoms with van der Waals surface area (Å²) in [6.45, 7) is 6.51. The van der Waals surface area contributed by atoms with E-state index in [4.69, 9.17) is 11.6 Å². The first kappa shape index (κ1) is 24.7. The summed E-state index contributed by atoms with van der Waals surface area (Å²) < 4.78 is 1.92. The molecule has 8 heteroatoms. The van der Waals surface area contributed by atoms with Crippen LogP contribution in [0.5, 0.6) is 0 Å². The molecule has 0 spiro atoms. The highest BCUT2D eigenvalue weighted by Gasteiger charge is 2.17. The first-order chi connectivity index (χ1) is 16.8. The Labute approximate surface area is 214 Å². The molecule has 1 aromatic heterocycles. The molecule has 0 radical (unpaired) electrons. The minimum Gasteiger partial charge on any atom is -0.272 e. The number of benzene rings is 3. The lowest BCUT2D eigenvalue weighted by molar-refractivity contribution is -0.118. The van der Waals surface area contributed by atoms with Gasteiger partial charge in [-0.05, 0) is 40.8 Å². The quantitative estimate of drug-likeness (QED) is 0.187. The van der Waals surface area contributed by atoms with Gasteiger partial charge >= 0.3 is 0 Å². The molecule has 0 aliphatic carbocycles. The number of halogens is 1. The van der Waals surface area contributed by atoms with Gasteiger partial charge in [0.15, 0.2) is 11.0 Å². The third-order valence-electron chi connectivity index (χ3n) is 5.26. The maximum absolute atomic E-state index is 12.4. The molecule has 0 saturated carbocycles. The van der Waals surface area contributed by atoms with Crippen molar-refractivity contribution in [2.24, 2.45) is 5.10 Å². The van der Waals surface area contributed by atoms with E-state index < -0.39 is 0 Å². The van der Waals surface area contributed by atoms with Crippen LogP contribution in [0.15, 0.2) is 89.1 Å². The van der Waals surface area contributed by atoms with Crippen LogP contribution in [0.1, 0.15) is 31.9 Å². The molecule has 1 amide bonds.